The predicted octanol–water partition coefficient (Wildman–Crippen LogP) is 2.02. The van der Waals surface area contributed by atoms with Crippen LogP contribution in [0.3, 0.4) is 0 Å². The fourth-order valence-electron chi connectivity index (χ4n) is 1.48. The van der Waals surface area contributed by atoms with E-state index in [1.165, 1.54) is 12.0 Å². The van der Waals surface area contributed by atoms with Crippen molar-refractivity contribution in [2.75, 3.05) is 20.2 Å². The molecule has 0 N–H and O–H groups in total. The molecule has 1 unspecified atom stereocenters. The predicted molar refractivity (Wildman–Crippen MR) is 66.4 cm³/mol. The standard InChI is InChI=1S/C10H17F2NO3.C2H4O2/c1-10(2,3)16-9(14)13-5-4-7(6-13)15-8(11)12;1-4-2-3/h7-8H,4-6H2,1-3H3;2H,1H3. The van der Waals surface area contributed by atoms with Gasteiger partial charge in [-0.15, -0.1) is 0 Å². The second kappa shape index (κ2) is 8.68. The van der Waals surface area contributed by atoms with Crippen LogP contribution >= 0.6 is 0 Å². The quantitative estimate of drug-likeness (QED) is 0.746. The van der Waals surface area contributed by atoms with Gasteiger partial charge in [-0.25, -0.2) is 4.79 Å². The molecule has 6 nitrogen and oxygen atoms in total. The average molecular weight is 297 g/mol. The summed E-state index contributed by atoms with van der Waals surface area (Å²) in [4.78, 5) is 21.9. The smallest absolute Gasteiger partial charge is 0.410 e. The maximum absolute atomic E-state index is 11.9. The van der Waals surface area contributed by atoms with Crippen LogP contribution in [0.25, 0.3) is 0 Å². The number of ether oxygens (including phenoxy) is 3. The van der Waals surface area contributed by atoms with Gasteiger partial charge < -0.3 is 19.1 Å². The van der Waals surface area contributed by atoms with Crippen molar-refractivity contribution in [3.05, 3.63) is 0 Å². The fraction of sp³-hybridized carbons (Fsp3) is 0.833. The molecule has 1 atom stereocenters. The number of alkyl halides is 2. The first-order chi connectivity index (χ1) is 9.19. The second-order valence-electron chi connectivity index (χ2n) is 5.07. The monoisotopic (exact) mass is 297 g/mol. The Kier molecular flexibility index (Phi) is 8.05. The highest BCUT2D eigenvalue weighted by molar-refractivity contribution is 5.68. The topological polar surface area (TPSA) is 65.1 Å². The highest BCUT2D eigenvalue weighted by Crippen LogP contribution is 2.18. The van der Waals surface area contributed by atoms with Crippen LogP contribution in [-0.2, 0) is 19.0 Å². The zero-order valence-electron chi connectivity index (χ0n) is 12.1. The van der Waals surface area contributed by atoms with E-state index in [-0.39, 0.29) is 6.54 Å². The molecule has 1 amide bonds. The first-order valence-corrected chi connectivity index (χ1v) is 6.07. The van der Waals surface area contributed by atoms with Gasteiger partial charge >= 0.3 is 12.7 Å². The highest BCUT2D eigenvalue weighted by Gasteiger charge is 2.31. The lowest BCUT2D eigenvalue weighted by Crippen LogP contribution is -2.36. The number of hydrogen-bond acceptors (Lipinski definition) is 5. The van der Waals surface area contributed by atoms with Crippen molar-refractivity contribution in [3.8, 4) is 0 Å². The Hall–Kier alpha value is -1.44. The van der Waals surface area contributed by atoms with Crippen LogP contribution < -0.4 is 0 Å². The van der Waals surface area contributed by atoms with E-state index >= 15 is 0 Å². The van der Waals surface area contributed by atoms with E-state index in [0.717, 1.165) is 0 Å². The van der Waals surface area contributed by atoms with Crippen LogP contribution in [0.1, 0.15) is 27.2 Å². The number of carbonyl (C=O) groups is 2. The summed E-state index contributed by atoms with van der Waals surface area (Å²) in [6.45, 7) is 3.42. The molecule has 0 radical (unpaired) electrons. The molecule has 1 heterocycles. The third-order valence-corrected chi connectivity index (χ3v) is 2.19. The molecule has 0 aromatic heterocycles. The summed E-state index contributed by atoms with van der Waals surface area (Å²) >= 11 is 0. The first-order valence-electron chi connectivity index (χ1n) is 6.07. The number of likely N-dealkylation sites (tertiary alicyclic amines) is 1. The molecule has 118 valence electrons. The van der Waals surface area contributed by atoms with Crippen LogP contribution in [0.5, 0.6) is 0 Å². The van der Waals surface area contributed by atoms with Crippen molar-refractivity contribution in [3.63, 3.8) is 0 Å². The summed E-state index contributed by atoms with van der Waals surface area (Å²) in [5.41, 5.74) is -0.571. The largest absolute Gasteiger partial charge is 0.471 e. The number of rotatable bonds is 3. The molecule has 8 heteroatoms. The molecule has 0 aromatic rings. The summed E-state index contributed by atoms with van der Waals surface area (Å²) in [7, 11) is 1.31. The Bertz CT molecular complexity index is 307. The Morgan fingerprint density at radius 1 is 1.40 bits per heavy atom. The van der Waals surface area contributed by atoms with Crippen LogP contribution in [0, 0.1) is 0 Å². The molecule has 0 bridgehead atoms. The van der Waals surface area contributed by atoms with Gasteiger partial charge in [0.15, 0.2) is 0 Å². The number of nitrogens with zero attached hydrogens (tertiary/aromatic N) is 1. The molecular weight excluding hydrogens is 276 g/mol. The van der Waals surface area contributed by atoms with Gasteiger partial charge in [-0.3, -0.25) is 4.79 Å². The normalized spacial score (nSPS) is 18.4. The first kappa shape index (κ1) is 18.6. The number of halogens is 2. The molecule has 1 aliphatic rings. The molecule has 20 heavy (non-hydrogen) atoms. The molecule has 1 aliphatic heterocycles. The van der Waals surface area contributed by atoms with Crippen molar-refractivity contribution >= 4 is 12.6 Å². The van der Waals surface area contributed by atoms with E-state index in [9.17, 15) is 13.6 Å². The number of carbonyl (C=O) groups excluding carboxylic acids is 2. The number of hydrogen-bond donors (Lipinski definition) is 0. The maximum atomic E-state index is 11.9. The van der Waals surface area contributed by atoms with Crippen molar-refractivity contribution in [1.29, 1.82) is 0 Å². The van der Waals surface area contributed by atoms with Crippen LogP contribution in [0.4, 0.5) is 13.6 Å². The van der Waals surface area contributed by atoms with Crippen molar-refractivity contribution in [2.45, 2.75) is 45.5 Å². The Balaban J connectivity index is 0.000000796. The molecule has 1 saturated heterocycles. The minimum absolute atomic E-state index is 0.166. The van der Waals surface area contributed by atoms with E-state index < -0.39 is 24.4 Å². The van der Waals surface area contributed by atoms with Gasteiger partial charge in [0.2, 0.25) is 0 Å². The van der Waals surface area contributed by atoms with Crippen LogP contribution in [0.2, 0.25) is 0 Å². The summed E-state index contributed by atoms with van der Waals surface area (Å²) in [5.74, 6) is 0. The van der Waals surface area contributed by atoms with Crippen LogP contribution in [0.15, 0.2) is 0 Å². The molecule has 0 saturated carbocycles. The summed E-state index contributed by atoms with van der Waals surface area (Å²) in [5, 5.41) is 0. The van der Waals surface area contributed by atoms with Gasteiger partial charge in [0, 0.05) is 6.54 Å². The van der Waals surface area contributed by atoms with Gasteiger partial charge in [0.1, 0.15) is 5.60 Å². The van der Waals surface area contributed by atoms with Crippen molar-refractivity contribution in [2.24, 2.45) is 0 Å². The van der Waals surface area contributed by atoms with Crippen molar-refractivity contribution < 1.29 is 32.6 Å². The van der Waals surface area contributed by atoms with E-state index in [2.05, 4.69) is 9.47 Å². The lowest BCUT2D eigenvalue weighted by atomic mass is 10.2. The molecule has 0 spiro atoms. The molecule has 0 aliphatic carbocycles. The lowest BCUT2D eigenvalue weighted by molar-refractivity contribution is -0.158. The number of methoxy groups -OCH3 is 1. The molecule has 1 rings (SSSR count). The van der Waals surface area contributed by atoms with E-state index in [0.29, 0.717) is 19.4 Å². The minimum atomic E-state index is -2.79. The molecule has 1 fully saturated rings. The van der Waals surface area contributed by atoms with Gasteiger partial charge in [0.05, 0.1) is 19.8 Å². The summed E-state index contributed by atoms with van der Waals surface area (Å²) in [6.07, 6.45) is -0.649. The van der Waals surface area contributed by atoms with Gasteiger partial charge in [0.25, 0.3) is 6.47 Å². The highest BCUT2D eigenvalue weighted by atomic mass is 19.3. The van der Waals surface area contributed by atoms with E-state index in [4.69, 9.17) is 9.53 Å². The Morgan fingerprint density at radius 3 is 2.35 bits per heavy atom. The van der Waals surface area contributed by atoms with E-state index in [1.807, 2.05) is 0 Å². The minimum Gasteiger partial charge on any atom is -0.471 e. The molecular formula is C12H21F2NO5. The summed E-state index contributed by atoms with van der Waals surface area (Å²) in [6, 6.07) is 0. The average Bonchev–Trinajstić information content (AvgIpc) is 2.75. The second-order valence-corrected chi connectivity index (χ2v) is 5.07. The molecule has 0 aromatic carbocycles. The number of amides is 1. The van der Waals surface area contributed by atoms with Crippen LogP contribution in [-0.4, -0.2) is 56.0 Å². The van der Waals surface area contributed by atoms with Gasteiger partial charge in [-0.05, 0) is 27.2 Å². The SMILES string of the molecule is CC(C)(C)OC(=O)N1CCC(OC(F)F)C1.COC=O. The zero-order valence-corrected chi connectivity index (χ0v) is 12.1. The maximum Gasteiger partial charge on any atom is 0.410 e. The lowest BCUT2D eigenvalue weighted by Gasteiger charge is -2.24. The zero-order chi connectivity index (χ0) is 15.8. The van der Waals surface area contributed by atoms with Crippen molar-refractivity contribution in [1.82, 2.24) is 4.90 Å². The van der Waals surface area contributed by atoms with Gasteiger partial charge in [-0.2, -0.15) is 8.78 Å². The third-order valence-electron chi connectivity index (χ3n) is 2.19. The van der Waals surface area contributed by atoms with E-state index in [1.54, 1.807) is 20.8 Å². The van der Waals surface area contributed by atoms with Gasteiger partial charge in [-0.1, -0.05) is 0 Å². The Morgan fingerprint density at radius 2 is 1.95 bits per heavy atom. The third kappa shape index (κ3) is 8.63. The summed E-state index contributed by atoms with van der Waals surface area (Å²) < 4.78 is 37.2. The fourth-order valence-corrected chi connectivity index (χ4v) is 1.48. The Labute approximate surface area is 117 Å².